The minimum atomic E-state index is -0.807. The van der Waals surface area contributed by atoms with E-state index >= 15 is 0 Å². The molecule has 1 amide bonds. The third kappa shape index (κ3) is 4.09. The molecule has 0 spiro atoms. The fourth-order valence-corrected chi connectivity index (χ4v) is 4.67. The number of halogens is 1. The Hall–Kier alpha value is -3.29. The first-order chi connectivity index (χ1) is 15.3. The molecule has 2 aromatic carbocycles. The van der Waals surface area contributed by atoms with E-state index < -0.39 is 6.04 Å². The van der Waals surface area contributed by atoms with Crippen molar-refractivity contribution in [3.8, 4) is 11.1 Å². The molecule has 0 saturated heterocycles. The van der Waals surface area contributed by atoms with Gasteiger partial charge in [0.15, 0.2) is 5.78 Å². The van der Waals surface area contributed by atoms with Gasteiger partial charge in [-0.25, -0.2) is 4.98 Å². The average molecular weight is 466 g/mol. The molecule has 2 aromatic heterocycles. The third-order valence-electron chi connectivity index (χ3n) is 5.28. The number of ketones is 1. The molecule has 162 valence electrons. The van der Waals surface area contributed by atoms with Gasteiger partial charge in [0.05, 0.1) is 11.7 Å². The Kier molecular flexibility index (Phi) is 5.95. The quantitative estimate of drug-likeness (QED) is 0.395. The summed E-state index contributed by atoms with van der Waals surface area (Å²) in [5, 5.41) is 3.87. The normalized spacial score (nSPS) is 12.0. The van der Waals surface area contributed by atoms with Crippen LogP contribution in [0, 0.1) is 6.92 Å². The van der Waals surface area contributed by atoms with E-state index in [4.69, 9.17) is 11.6 Å². The first-order valence-corrected chi connectivity index (χ1v) is 11.1. The molecule has 0 aliphatic carbocycles. The predicted octanol–water partition coefficient (Wildman–Crippen LogP) is 5.49. The summed E-state index contributed by atoms with van der Waals surface area (Å²) in [4.78, 5) is 43.9. The Bertz CT molecular complexity index is 1410. The molecule has 1 atom stereocenters. The number of amides is 1. The van der Waals surface area contributed by atoms with Crippen LogP contribution in [0.1, 0.15) is 35.1 Å². The van der Waals surface area contributed by atoms with Crippen LogP contribution in [0.4, 0.5) is 5.69 Å². The minimum absolute atomic E-state index is 0.0948. The molecule has 4 rings (SSSR count). The van der Waals surface area contributed by atoms with Gasteiger partial charge in [0.2, 0.25) is 5.91 Å². The first-order valence-electron chi connectivity index (χ1n) is 9.94. The van der Waals surface area contributed by atoms with Crippen molar-refractivity contribution in [2.75, 3.05) is 5.32 Å². The van der Waals surface area contributed by atoms with Crippen LogP contribution < -0.4 is 10.9 Å². The van der Waals surface area contributed by atoms with E-state index in [1.807, 2.05) is 19.1 Å². The lowest BCUT2D eigenvalue weighted by Crippen LogP contribution is -2.31. The van der Waals surface area contributed by atoms with Crippen molar-refractivity contribution in [2.45, 2.75) is 26.8 Å². The molecular formula is C24H20ClN3O3S. The van der Waals surface area contributed by atoms with E-state index in [-0.39, 0.29) is 17.2 Å². The molecule has 0 radical (unpaired) electrons. The number of carbonyl (C=O) groups is 2. The lowest BCUT2D eigenvalue weighted by Gasteiger charge is -2.15. The van der Waals surface area contributed by atoms with Gasteiger partial charge in [-0.3, -0.25) is 19.0 Å². The lowest BCUT2D eigenvalue weighted by molar-refractivity contribution is -0.118. The Balaban J connectivity index is 1.72. The Labute approximate surface area is 193 Å². The number of rotatable bonds is 5. The number of nitrogens with one attached hydrogen (secondary N) is 1. The van der Waals surface area contributed by atoms with Crippen LogP contribution in [0.15, 0.2) is 59.7 Å². The maximum absolute atomic E-state index is 13.4. The van der Waals surface area contributed by atoms with Crippen molar-refractivity contribution >= 4 is 50.5 Å². The highest BCUT2D eigenvalue weighted by Crippen LogP contribution is 2.36. The molecule has 0 aliphatic heterocycles. The molecule has 6 nitrogen and oxygen atoms in total. The van der Waals surface area contributed by atoms with Crippen molar-refractivity contribution < 1.29 is 9.59 Å². The van der Waals surface area contributed by atoms with Crippen LogP contribution in [0.3, 0.4) is 0 Å². The van der Waals surface area contributed by atoms with Gasteiger partial charge in [-0.2, -0.15) is 0 Å². The van der Waals surface area contributed by atoms with Gasteiger partial charge in [0.25, 0.3) is 5.56 Å². The number of hydrogen-bond donors (Lipinski definition) is 1. The fourth-order valence-electron chi connectivity index (χ4n) is 3.54. The lowest BCUT2D eigenvalue weighted by atomic mass is 10.0. The molecule has 1 unspecified atom stereocenters. The summed E-state index contributed by atoms with van der Waals surface area (Å²) in [5.74, 6) is -0.475. The number of anilines is 1. The van der Waals surface area contributed by atoms with E-state index in [1.165, 1.54) is 29.2 Å². The van der Waals surface area contributed by atoms with Crippen LogP contribution in [-0.2, 0) is 4.79 Å². The van der Waals surface area contributed by atoms with Crippen molar-refractivity contribution in [1.82, 2.24) is 9.55 Å². The Morgan fingerprint density at radius 2 is 1.88 bits per heavy atom. The standard InChI is InChI=1S/C24H20ClN3O3S/c1-13(22(30)27-19-6-4-5-17(11-19)14(2)29)28-12-26-23-21(24(28)31)20(15(3)32-23)16-7-9-18(25)10-8-16/h4-13H,1-3H3,(H,27,30). The molecule has 0 saturated carbocycles. The molecular weight excluding hydrogens is 446 g/mol. The third-order valence-corrected chi connectivity index (χ3v) is 6.54. The Morgan fingerprint density at radius 1 is 1.16 bits per heavy atom. The number of nitrogens with zero attached hydrogens (tertiary/aromatic N) is 2. The molecule has 4 aromatic rings. The summed E-state index contributed by atoms with van der Waals surface area (Å²) >= 11 is 7.46. The number of carbonyl (C=O) groups excluding carboxylic acids is 2. The van der Waals surface area contributed by atoms with E-state index in [0.29, 0.717) is 26.5 Å². The molecule has 32 heavy (non-hydrogen) atoms. The minimum Gasteiger partial charge on any atom is -0.324 e. The van der Waals surface area contributed by atoms with Crippen molar-refractivity contribution in [1.29, 1.82) is 0 Å². The van der Waals surface area contributed by atoms with E-state index in [0.717, 1.165) is 16.0 Å². The zero-order valence-corrected chi connectivity index (χ0v) is 19.3. The average Bonchev–Trinajstić information content (AvgIpc) is 3.11. The molecule has 8 heteroatoms. The van der Waals surface area contributed by atoms with Gasteiger partial charge in [-0.1, -0.05) is 35.9 Å². The van der Waals surface area contributed by atoms with Crippen LogP contribution in [-0.4, -0.2) is 21.2 Å². The van der Waals surface area contributed by atoms with Crippen molar-refractivity contribution in [2.24, 2.45) is 0 Å². The number of aromatic nitrogens is 2. The monoisotopic (exact) mass is 465 g/mol. The second-order valence-electron chi connectivity index (χ2n) is 7.48. The summed E-state index contributed by atoms with van der Waals surface area (Å²) in [6.07, 6.45) is 1.41. The SMILES string of the molecule is CC(=O)c1cccc(NC(=O)C(C)n2cnc3sc(C)c(-c4ccc(Cl)cc4)c3c2=O)c1. The largest absolute Gasteiger partial charge is 0.324 e. The summed E-state index contributed by atoms with van der Waals surface area (Å²) in [6.45, 7) is 5.05. The van der Waals surface area contributed by atoms with Gasteiger partial charge < -0.3 is 5.32 Å². The summed E-state index contributed by atoms with van der Waals surface area (Å²) in [7, 11) is 0. The number of aryl methyl sites for hydroxylation is 1. The summed E-state index contributed by atoms with van der Waals surface area (Å²) in [5.41, 5.74) is 2.37. The number of benzene rings is 2. The van der Waals surface area contributed by atoms with Gasteiger partial charge in [-0.05, 0) is 50.6 Å². The second kappa shape index (κ2) is 8.68. The van der Waals surface area contributed by atoms with Crippen molar-refractivity contribution in [3.05, 3.63) is 80.7 Å². The molecule has 0 aliphatic rings. The maximum atomic E-state index is 13.4. The highest BCUT2D eigenvalue weighted by Gasteiger charge is 2.22. The smallest absolute Gasteiger partial charge is 0.263 e. The second-order valence-corrected chi connectivity index (χ2v) is 9.12. The molecule has 2 heterocycles. The van der Waals surface area contributed by atoms with Gasteiger partial charge in [-0.15, -0.1) is 11.3 Å². The summed E-state index contributed by atoms with van der Waals surface area (Å²) < 4.78 is 1.33. The highest BCUT2D eigenvalue weighted by atomic mass is 35.5. The fraction of sp³-hybridized carbons (Fsp3) is 0.167. The van der Waals surface area contributed by atoms with E-state index in [9.17, 15) is 14.4 Å². The summed E-state index contributed by atoms with van der Waals surface area (Å²) in [6, 6.07) is 13.2. The topological polar surface area (TPSA) is 81.1 Å². The van der Waals surface area contributed by atoms with Gasteiger partial charge in [0.1, 0.15) is 10.9 Å². The highest BCUT2D eigenvalue weighted by molar-refractivity contribution is 7.19. The van der Waals surface area contributed by atoms with Crippen LogP contribution in [0.2, 0.25) is 5.02 Å². The first kappa shape index (κ1) is 21.9. The van der Waals surface area contributed by atoms with E-state index in [1.54, 1.807) is 43.3 Å². The Morgan fingerprint density at radius 3 is 2.56 bits per heavy atom. The van der Waals surface area contributed by atoms with Crippen LogP contribution >= 0.6 is 22.9 Å². The van der Waals surface area contributed by atoms with E-state index in [2.05, 4.69) is 10.3 Å². The van der Waals surface area contributed by atoms with Gasteiger partial charge >= 0.3 is 0 Å². The van der Waals surface area contributed by atoms with Crippen molar-refractivity contribution in [3.63, 3.8) is 0 Å². The number of Topliss-reactive ketones (excluding diaryl/α,β-unsaturated/α-hetero) is 1. The predicted molar refractivity (Wildman–Crippen MR) is 129 cm³/mol. The molecule has 0 bridgehead atoms. The maximum Gasteiger partial charge on any atom is 0.263 e. The molecule has 0 fully saturated rings. The number of hydrogen-bond acceptors (Lipinski definition) is 5. The van der Waals surface area contributed by atoms with Crippen LogP contribution in [0.25, 0.3) is 21.3 Å². The number of fused-ring (bicyclic) bond motifs is 1. The molecule has 1 N–H and O–H groups in total. The number of thiophene rings is 1. The van der Waals surface area contributed by atoms with Crippen LogP contribution in [0.5, 0.6) is 0 Å². The zero-order valence-electron chi connectivity index (χ0n) is 17.7. The zero-order chi connectivity index (χ0) is 23.0. The van der Waals surface area contributed by atoms with Gasteiger partial charge in [0, 0.05) is 26.7 Å².